The van der Waals surface area contributed by atoms with Crippen LogP contribution in [0.5, 0.6) is 5.75 Å². The Kier molecular flexibility index (Phi) is 4.97. The summed E-state index contributed by atoms with van der Waals surface area (Å²) >= 11 is 0. The van der Waals surface area contributed by atoms with E-state index in [9.17, 15) is 28.4 Å². The van der Waals surface area contributed by atoms with Gasteiger partial charge in [0.2, 0.25) is 17.7 Å². The second-order valence-corrected chi connectivity index (χ2v) is 9.88. The first-order valence-electron chi connectivity index (χ1n) is 11.8. The number of aromatic nitrogens is 1. The Hall–Kier alpha value is -4.61. The zero-order valence-corrected chi connectivity index (χ0v) is 20.3. The van der Waals surface area contributed by atoms with Crippen LogP contribution in [-0.4, -0.2) is 53.0 Å². The Labute approximate surface area is 214 Å². The molecular formula is C26H21FN4O7. The fourth-order valence-corrected chi connectivity index (χ4v) is 5.42. The third kappa shape index (κ3) is 3.25. The van der Waals surface area contributed by atoms with Crippen molar-refractivity contribution >= 4 is 40.5 Å². The Morgan fingerprint density at radius 1 is 1.13 bits per heavy atom. The molecular weight excluding hydrogens is 499 g/mol. The van der Waals surface area contributed by atoms with E-state index in [1.54, 1.807) is 25.1 Å². The summed E-state index contributed by atoms with van der Waals surface area (Å²) in [6.45, 7) is 1.34. The number of carbonyl (C=O) groups excluding carboxylic acids is 5. The molecule has 12 heteroatoms. The number of furan rings is 1. The molecule has 6 rings (SSSR count). The van der Waals surface area contributed by atoms with Crippen LogP contribution < -0.4 is 15.4 Å². The summed E-state index contributed by atoms with van der Waals surface area (Å²) in [5.74, 6) is -3.35. The molecule has 0 bridgehead atoms. The first-order chi connectivity index (χ1) is 18.1. The Morgan fingerprint density at radius 2 is 1.92 bits per heavy atom. The lowest BCUT2D eigenvalue weighted by Gasteiger charge is -2.28. The van der Waals surface area contributed by atoms with Crippen molar-refractivity contribution in [3.05, 3.63) is 58.7 Å². The molecule has 2 fully saturated rings. The van der Waals surface area contributed by atoms with Crippen molar-refractivity contribution in [1.29, 1.82) is 0 Å². The van der Waals surface area contributed by atoms with Gasteiger partial charge in [-0.25, -0.2) is 9.37 Å². The van der Waals surface area contributed by atoms with E-state index in [1.807, 2.05) is 0 Å². The molecule has 3 aliphatic rings. The van der Waals surface area contributed by atoms with E-state index < -0.39 is 40.4 Å². The van der Waals surface area contributed by atoms with Crippen LogP contribution in [-0.2, 0) is 36.7 Å². The van der Waals surface area contributed by atoms with Gasteiger partial charge in [-0.2, -0.15) is 0 Å². The molecule has 0 aliphatic carbocycles. The Morgan fingerprint density at radius 3 is 2.58 bits per heavy atom. The van der Waals surface area contributed by atoms with Crippen LogP contribution in [0.4, 0.5) is 4.39 Å². The van der Waals surface area contributed by atoms with Crippen molar-refractivity contribution in [2.75, 3.05) is 13.7 Å². The lowest BCUT2D eigenvalue weighted by atomic mass is 9.82. The maximum Gasteiger partial charge on any atom is 0.257 e. The molecule has 3 aromatic rings. The highest BCUT2D eigenvalue weighted by Gasteiger charge is 2.53. The molecule has 1 aromatic carbocycles. The summed E-state index contributed by atoms with van der Waals surface area (Å²) < 4.78 is 25.8. The smallest absolute Gasteiger partial charge is 0.257 e. The van der Waals surface area contributed by atoms with E-state index in [-0.39, 0.29) is 54.4 Å². The minimum Gasteiger partial charge on any atom is -0.494 e. The maximum atomic E-state index is 14.9. The molecule has 1 unspecified atom stereocenters. The second kappa shape index (κ2) is 7.94. The number of nitrogens with one attached hydrogen (secondary N) is 2. The SMILES string of the molecule is COc1ccc2c(c1F)C(=O)N(C[C@@]1(c3cc4nc(C5(C)NC(=O)CC5=O)ccc4o3)CC(=O)NC1=O)C2. The number of Topliss-reactive ketones (excluding diaryl/α,β-unsaturated/α-hetero) is 1. The number of nitrogens with zero attached hydrogens (tertiary/aromatic N) is 2. The lowest BCUT2D eigenvalue weighted by molar-refractivity contribution is -0.127. The quantitative estimate of drug-likeness (QED) is 0.377. The fraction of sp³-hybridized carbons (Fsp3) is 0.308. The fourth-order valence-electron chi connectivity index (χ4n) is 5.42. The molecule has 194 valence electrons. The third-order valence-electron chi connectivity index (χ3n) is 7.51. The topological polar surface area (TPSA) is 148 Å². The zero-order chi connectivity index (χ0) is 27.0. The summed E-state index contributed by atoms with van der Waals surface area (Å²) in [4.78, 5) is 68.8. The molecule has 0 spiro atoms. The summed E-state index contributed by atoms with van der Waals surface area (Å²) in [6.07, 6.45) is -0.548. The van der Waals surface area contributed by atoms with Gasteiger partial charge in [0.25, 0.3) is 5.91 Å². The number of ketones is 1. The van der Waals surface area contributed by atoms with Gasteiger partial charge < -0.3 is 19.4 Å². The minimum atomic E-state index is -1.59. The number of imide groups is 1. The molecule has 38 heavy (non-hydrogen) atoms. The van der Waals surface area contributed by atoms with Crippen molar-refractivity contribution in [2.24, 2.45) is 0 Å². The molecule has 11 nitrogen and oxygen atoms in total. The minimum absolute atomic E-state index is 0.0289. The van der Waals surface area contributed by atoms with Crippen LogP contribution >= 0.6 is 0 Å². The Bertz CT molecular complexity index is 1610. The summed E-state index contributed by atoms with van der Waals surface area (Å²) in [6, 6.07) is 7.59. The number of benzene rings is 1. The van der Waals surface area contributed by atoms with E-state index in [2.05, 4.69) is 15.6 Å². The van der Waals surface area contributed by atoms with Gasteiger partial charge in [0.15, 0.2) is 22.9 Å². The number of pyridine rings is 1. The Balaban J connectivity index is 1.39. The monoisotopic (exact) mass is 520 g/mol. The zero-order valence-electron chi connectivity index (χ0n) is 20.3. The molecule has 0 radical (unpaired) electrons. The number of amides is 4. The van der Waals surface area contributed by atoms with Gasteiger partial charge in [0.05, 0.1) is 31.2 Å². The van der Waals surface area contributed by atoms with E-state index in [0.29, 0.717) is 16.8 Å². The van der Waals surface area contributed by atoms with Crippen molar-refractivity contribution in [3.8, 4) is 5.75 Å². The van der Waals surface area contributed by atoms with E-state index in [1.165, 1.54) is 24.1 Å². The van der Waals surface area contributed by atoms with Crippen molar-refractivity contribution in [1.82, 2.24) is 20.5 Å². The second-order valence-electron chi connectivity index (χ2n) is 9.88. The summed E-state index contributed by atoms with van der Waals surface area (Å²) in [7, 11) is 1.30. The molecule has 2 aromatic heterocycles. The summed E-state index contributed by atoms with van der Waals surface area (Å²) in [5.41, 5.74) is -1.73. The molecule has 3 aliphatic heterocycles. The predicted molar refractivity (Wildman–Crippen MR) is 126 cm³/mol. The number of methoxy groups -OCH3 is 1. The lowest BCUT2D eigenvalue weighted by Crippen LogP contribution is -2.46. The predicted octanol–water partition coefficient (Wildman–Crippen LogP) is 1.22. The standard InChI is InChI=1S/C26H21FN4O7/c1-25(17(32)8-19(33)30-25)16-6-5-14-13(28-16)7-18(38-14)26(9-20(34)29-24(26)36)11-31-10-12-3-4-15(37-2)22(27)21(12)23(31)35/h3-7H,8-11H2,1-2H3,(H,30,33)(H,29,34,36)/t25?,26-/m1/s1. The van der Waals surface area contributed by atoms with Crippen molar-refractivity contribution in [3.63, 3.8) is 0 Å². The van der Waals surface area contributed by atoms with Gasteiger partial charge in [-0.05, 0) is 30.7 Å². The highest BCUT2D eigenvalue weighted by Crippen LogP contribution is 2.40. The highest BCUT2D eigenvalue weighted by molar-refractivity contribution is 6.11. The van der Waals surface area contributed by atoms with E-state index >= 15 is 0 Å². The van der Waals surface area contributed by atoms with Crippen LogP contribution in [0, 0.1) is 5.82 Å². The first kappa shape index (κ1) is 23.8. The van der Waals surface area contributed by atoms with Crippen LogP contribution in [0.3, 0.4) is 0 Å². The van der Waals surface area contributed by atoms with Crippen LogP contribution in [0.15, 0.2) is 34.7 Å². The normalized spacial score (nSPS) is 24.8. The number of halogens is 1. The van der Waals surface area contributed by atoms with Gasteiger partial charge in [0.1, 0.15) is 22.2 Å². The van der Waals surface area contributed by atoms with E-state index in [0.717, 1.165) is 0 Å². The summed E-state index contributed by atoms with van der Waals surface area (Å²) in [5, 5.41) is 4.92. The maximum absolute atomic E-state index is 14.9. The van der Waals surface area contributed by atoms with Crippen LogP contribution in [0.2, 0.25) is 0 Å². The van der Waals surface area contributed by atoms with Gasteiger partial charge in [0, 0.05) is 19.2 Å². The van der Waals surface area contributed by atoms with Gasteiger partial charge >= 0.3 is 0 Å². The van der Waals surface area contributed by atoms with Gasteiger partial charge in [-0.15, -0.1) is 0 Å². The number of rotatable bonds is 5. The van der Waals surface area contributed by atoms with Gasteiger partial charge in [-0.3, -0.25) is 29.3 Å². The molecule has 0 saturated carbocycles. The van der Waals surface area contributed by atoms with E-state index in [4.69, 9.17) is 9.15 Å². The molecule has 2 atom stereocenters. The molecule has 2 saturated heterocycles. The molecule has 5 heterocycles. The van der Waals surface area contributed by atoms with Crippen molar-refractivity contribution in [2.45, 2.75) is 37.3 Å². The number of fused-ring (bicyclic) bond motifs is 2. The molecule has 4 amide bonds. The average Bonchev–Trinajstić information content (AvgIpc) is 3.58. The number of carbonyl (C=O) groups is 5. The number of hydrogen-bond acceptors (Lipinski definition) is 8. The third-order valence-corrected chi connectivity index (χ3v) is 7.51. The van der Waals surface area contributed by atoms with Gasteiger partial charge in [-0.1, -0.05) is 6.07 Å². The largest absolute Gasteiger partial charge is 0.494 e. The highest BCUT2D eigenvalue weighted by atomic mass is 19.1. The van der Waals surface area contributed by atoms with Crippen LogP contribution in [0.1, 0.15) is 47.1 Å². The average molecular weight is 520 g/mol. The molecule has 2 N–H and O–H groups in total. The first-order valence-corrected chi connectivity index (χ1v) is 11.8. The number of ether oxygens (including phenoxy) is 1. The van der Waals surface area contributed by atoms with Crippen LogP contribution in [0.25, 0.3) is 11.1 Å². The number of hydrogen-bond donors (Lipinski definition) is 2. The van der Waals surface area contributed by atoms with Crippen molar-refractivity contribution < 1.29 is 37.5 Å².